The molecule has 180 valence electrons. The van der Waals surface area contributed by atoms with Crippen molar-refractivity contribution in [2.24, 2.45) is 0 Å². The SMILES string of the molecule is COc1ccc(CCn2cc(-c3ccc(C(=O)Nc4cc(-c5cccs5)ccc4N)cc3)nn2)cc1. The number of hydrogen-bond donors (Lipinski definition) is 2. The van der Waals surface area contributed by atoms with Gasteiger partial charge < -0.3 is 15.8 Å². The first kappa shape index (κ1) is 23.3. The van der Waals surface area contributed by atoms with E-state index in [0.717, 1.165) is 33.9 Å². The minimum atomic E-state index is -0.222. The van der Waals surface area contributed by atoms with Gasteiger partial charge in [-0.2, -0.15) is 0 Å². The highest BCUT2D eigenvalue weighted by molar-refractivity contribution is 7.13. The van der Waals surface area contributed by atoms with Crippen molar-refractivity contribution in [3.05, 3.63) is 102 Å². The molecule has 0 aliphatic carbocycles. The average Bonchev–Trinajstić information content (AvgIpc) is 3.62. The first-order valence-electron chi connectivity index (χ1n) is 11.5. The number of nitrogen functional groups attached to an aromatic ring is 1. The summed E-state index contributed by atoms with van der Waals surface area (Å²) in [5.74, 6) is 0.619. The van der Waals surface area contributed by atoms with Gasteiger partial charge in [0, 0.05) is 22.5 Å². The van der Waals surface area contributed by atoms with Crippen LogP contribution in [0.3, 0.4) is 0 Å². The third-order valence-corrected chi connectivity index (χ3v) is 6.80. The Hall–Kier alpha value is -4.43. The van der Waals surface area contributed by atoms with Gasteiger partial charge in [-0.05, 0) is 65.4 Å². The van der Waals surface area contributed by atoms with Crippen molar-refractivity contribution < 1.29 is 9.53 Å². The molecule has 0 unspecified atom stereocenters. The Balaban J connectivity index is 1.23. The summed E-state index contributed by atoms with van der Waals surface area (Å²) in [5.41, 5.74) is 11.6. The van der Waals surface area contributed by atoms with Crippen LogP contribution in [0.1, 0.15) is 15.9 Å². The van der Waals surface area contributed by atoms with Gasteiger partial charge in [0.1, 0.15) is 11.4 Å². The number of amides is 1. The first-order chi connectivity index (χ1) is 17.6. The molecule has 2 aromatic heterocycles. The summed E-state index contributed by atoms with van der Waals surface area (Å²) in [5, 5.41) is 13.5. The number of nitrogens with one attached hydrogen (secondary N) is 1. The number of anilines is 2. The number of methoxy groups -OCH3 is 1. The predicted octanol–water partition coefficient (Wildman–Crippen LogP) is 5.76. The molecule has 0 radical (unpaired) electrons. The molecule has 0 aliphatic rings. The van der Waals surface area contributed by atoms with Crippen molar-refractivity contribution in [3.63, 3.8) is 0 Å². The van der Waals surface area contributed by atoms with Gasteiger partial charge in [0.2, 0.25) is 0 Å². The molecule has 2 heterocycles. The maximum absolute atomic E-state index is 12.9. The predicted molar refractivity (Wildman–Crippen MR) is 144 cm³/mol. The Morgan fingerprint density at radius 3 is 2.53 bits per heavy atom. The summed E-state index contributed by atoms with van der Waals surface area (Å²) in [7, 11) is 1.66. The molecule has 3 aromatic carbocycles. The smallest absolute Gasteiger partial charge is 0.255 e. The molecule has 0 saturated heterocycles. The number of aryl methyl sites for hydroxylation is 2. The summed E-state index contributed by atoms with van der Waals surface area (Å²) >= 11 is 1.64. The lowest BCUT2D eigenvalue weighted by Crippen LogP contribution is -2.13. The normalized spacial score (nSPS) is 10.8. The molecule has 7 nitrogen and oxygen atoms in total. The largest absolute Gasteiger partial charge is 0.497 e. The van der Waals surface area contributed by atoms with E-state index in [-0.39, 0.29) is 5.91 Å². The summed E-state index contributed by atoms with van der Waals surface area (Å²) in [6.07, 6.45) is 2.75. The topological polar surface area (TPSA) is 95.1 Å². The fraction of sp³-hybridized carbons (Fsp3) is 0.107. The van der Waals surface area contributed by atoms with Crippen LogP contribution in [0.2, 0.25) is 0 Å². The van der Waals surface area contributed by atoms with Crippen molar-refractivity contribution in [1.82, 2.24) is 15.0 Å². The summed E-state index contributed by atoms with van der Waals surface area (Å²) in [6, 6.07) is 25.0. The molecular weight excluding hydrogens is 470 g/mol. The highest BCUT2D eigenvalue weighted by Gasteiger charge is 2.11. The first-order valence-corrected chi connectivity index (χ1v) is 12.4. The lowest BCUT2D eigenvalue weighted by atomic mass is 10.1. The minimum Gasteiger partial charge on any atom is -0.497 e. The molecule has 5 aromatic rings. The molecule has 0 fully saturated rings. The van der Waals surface area contributed by atoms with E-state index in [4.69, 9.17) is 10.5 Å². The average molecular weight is 496 g/mol. The van der Waals surface area contributed by atoms with E-state index in [1.54, 1.807) is 30.6 Å². The zero-order valence-electron chi connectivity index (χ0n) is 19.7. The Labute approximate surface area is 213 Å². The fourth-order valence-corrected chi connectivity index (χ4v) is 4.55. The van der Waals surface area contributed by atoms with Crippen LogP contribution in [0.5, 0.6) is 5.75 Å². The van der Waals surface area contributed by atoms with E-state index < -0.39 is 0 Å². The molecule has 8 heteroatoms. The monoisotopic (exact) mass is 495 g/mol. The van der Waals surface area contributed by atoms with Gasteiger partial charge in [-0.25, -0.2) is 0 Å². The zero-order chi connectivity index (χ0) is 24.9. The molecule has 5 rings (SSSR count). The molecule has 36 heavy (non-hydrogen) atoms. The Kier molecular flexibility index (Phi) is 6.77. The fourth-order valence-electron chi connectivity index (χ4n) is 3.82. The summed E-state index contributed by atoms with van der Waals surface area (Å²) in [6.45, 7) is 0.714. The molecule has 3 N–H and O–H groups in total. The second kappa shape index (κ2) is 10.5. The van der Waals surface area contributed by atoms with E-state index in [2.05, 4.69) is 15.6 Å². The second-order valence-corrected chi connectivity index (χ2v) is 9.22. The number of thiophene rings is 1. The van der Waals surface area contributed by atoms with E-state index in [0.29, 0.717) is 23.5 Å². The quantitative estimate of drug-likeness (QED) is 0.267. The van der Waals surface area contributed by atoms with Crippen LogP contribution < -0.4 is 15.8 Å². The molecule has 0 aliphatic heterocycles. The number of hydrogen-bond acceptors (Lipinski definition) is 6. The second-order valence-electron chi connectivity index (χ2n) is 8.28. The molecule has 0 saturated carbocycles. The van der Waals surface area contributed by atoms with Crippen molar-refractivity contribution in [2.75, 3.05) is 18.2 Å². The number of ether oxygens (including phenoxy) is 1. The maximum Gasteiger partial charge on any atom is 0.255 e. The van der Waals surface area contributed by atoms with Crippen molar-refractivity contribution in [1.29, 1.82) is 0 Å². The molecule has 0 atom stereocenters. The van der Waals surface area contributed by atoms with Crippen LogP contribution in [0.25, 0.3) is 21.7 Å². The maximum atomic E-state index is 12.9. The van der Waals surface area contributed by atoms with E-state index in [1.165, 1.54) is 5.56 Å². The van der Waals surface area contributed by atoms with Gasteiger partial charge >= 0.3 is 0 Å². The van der Waals surface area contributed by atoms with Crippen LogP contribution >= 0.6 is 11.3 Å². The lowest BCUT2D eigenvalue weighted by Gasteiger charge is -2.10. The van der Waals surface area contributed by atoms with Gasteiger partial charge in [-0.1, -0.05) is 41.6 Å². The van der Waals surface area contributed by atoms with Crippen molar-refractivity contribution >= 4 is 28.6 Å². The number of nitrogens with zero attached hydrogens (tertiary/aromatic N) is 3. The van der Waals surface area contributed by atoms with Gasteiger partial charge in [-0.3, -0.25) is 9.48 Å². The number of carbonyl (C=O) groups is 1. The summed E-state index contributed by atoms with van der Waals surface area (Å²) in [4.78, 5) is 14.0. The van der Waals surface area contributed by atoms with Gasteiger partial charge in [-0.15, -0.1) is 16.4 Å². The Morgan fingerprint density at radius 1 is 1.03 bits per heavy atom. The van der Waals surface area contributed by atoms with Crippen LogP contribution in [-0.2, 0) is 13.0 Å². The number of rotatable bonds is 8. The molecule has 0 bridgehead atoms. The standard InChI is InChI=1S/C28H25N5O2S/c1-35-23-11-4-19(5-12-23)14-15-33-18-26(31-32-33)20-6-8-21(9-7-20)28(34)30-25-17-22(10-13-24(25)29)27-3-2-16-36-27/h2-13,16-18H,14-15,29H2,1H3,(H,30,34). The van der Waals surface area contributed by atoms with Gasteiger partial charge in [0.15, 0.2) is 0 Å². The Bertz CT molecular complexity index is 1460. The van der Waals surface area contributed by atoms with Crippen molar-refractivity contribution in [3.8, 4) is 27.4 Å². The minimum absolute atomic E-state index is 0.222. The van der Waals surface area contributed by atoms with Crippen LogP contribution in [-0.4, -0.2) is 28.0 Å². The van der Waals surface area contributed by atoms with Crippen LogP contribution in [0.4, 0.5) is 11.4 Å². The molecule has 1 amide bonds. The number of benzene rings is 3. The third-order valence-electron chi connectivity index (χ3n) is 5.88. The van der Waals surface area contributed by atoms with Crippen molar-refractivity contribution in [2.45, 2.75) is 13.0 Å². The van der Waals surface area contributed by atoms with Crippen LogP contribution in [0.15, 0.2) is 90.4 Å². The lowest BCUT2D eigenvalue weighted by molar-refractivity contribution is 0.102. The zero-order valence-corrected chi connectivity index (χ0v) is 20.5. The van der Waals surface area contributed by atoms with E-state index in [9.17, 15) is 4.79 Å². The third kappa shape index (κ3) is 5.29. The highest BCUT2D eigenvalue weighted by atomic mass is 32.1. The van der Waals surface area contributed by atoms with E-state index in [1.807, 2.05) is 83.0 Å². The van der Waals surface area contributed by atoms with Gasteiger partial charge in [0.05, 0.1) is 24.7 Å². The Morgan fingerprint density at radius 2 is 1.81 bits per heavy atom. The molecule has 0 spiro atoms. The number of carbonyl (C=O) groups excluding carboxylic acids is 1. The van der Waals surface area contributed by atoms with Crippen LogP contribution in [0, 0.1) is 0 Å². The highest BCUT2D eigenvalue weighted by Crippen LogP contribution is 2.30. The number of nitrogens with two attached hydrogens (primary N) is 1. The molecular formula is C28H25N5O2S. The summed E-state index contributed by atoms with van der Waals surface area (Å²) < 4.78 is 7.03. The van der Waals surface area contributed by atoms with Gasteiger partial charge in [0.25, 0.3) is 5.91 Å². The number of aromatic nitrogens is 3. The van der Waals surface area contributed by atoms with E-state index >= 15 is 0 Å².